The second kappa shape index (κ2) is 7.80. The maximum absolute atomic E-state index is 14.7. The molecule has 30 heavy (non-hydrogen) atoms. The van der Waals surface area contributed by atoms with Crippen LogP contribution in [0.25, 0.3) is 0 Å². The van der Waals surface area contributed by atoms with Gasteiger partial charge in [-0.15, -0.1) is 0 Å². The third kappa shape index (κ3) is 3.91. The average Bonchev–Trinajstić information content (AvgIpc) is 2.74. The van der Waals surface area contributed by atoms with E-state index in [0.29, 0.717) is 23.5 Å². The van der Waals surface area contributed by atoms with Gasteiger partial charge in [0.1, 0.15) is 11.7 Å². The highest BCUT2D eigenvalue weighted by Crippen LogP contribution is 2.37. The molecular weight excluding hydrogens is 379 g/mol. The van der Waals surface area contributed by atoms with E-state index in [4.69, 9.17) is 5.73 Å². The normalized spacial score (nSPS) is 17.2. The van der Waals surface area contributed by atoms with Gasteiger partial charge in [-0.25, -0.2) is 4.39 Å². The number of nitrogens with zero attached hydrogens (tertiary/aromatic N) is 2. The number of carbonyl (C=O) groups excluding carboxylic acids is 1. The van der Waals surface area contributed by atoms with E-state index in [2.05, 4.69) is 27.1 Å². The van der Waals surface area contributed by atoms with E-state index in [0.717, 1.165) is 16.7 Å². The van der Waals surface area contributed by atoms with Crippen LogP contribution in [0.5, 0.6) is 0 Å². The Morgan fingerprint density at radius 3 is 2.80 bits per heavy atom. The molecule has 1 aromatic heterocycles. The largest absolute Gasteiger partial charge is 0.383 e. The first kappa shape index (κ1) is 19.3. The Labute approximate surface area is 173 Å². The summed E-state index contributed by atoms with van der Waals surface area (Å²) in [6.07, 6.45) is 3.81. The van der Waals surface area contributed by atoms with Crippen LogP contribution in [0.2, 0.25) is 0 Å². The van der Waals surface area contributed by atoms with E-state index in [-0.39, 0.29) is 0 Å². The van der Waals surface area contributed by atoms with Gasteiger partial charge in [-0.2, -0.15) is 0 Å². The summed E-state index contributed by atoms with van der Waals surface area (Å²) in [7, 11) is 0. The minimum absolute atomic E-state index is 0.337. The van der Waals surface area contributed by atoms with Crippen LogP contribution in [0, 0.1) is 17.7 Å². The first-order valence-electron chi connectivity index (χ1n) is 9.41. The lowest BCUT2D eigenvalue weighted by atomic mass is 9.82. The number of nitrogens with two attached hydrogens (primary N) is 1. The number of fused-ring (bicyclic) bond motifs is 1. The molecule has 5 nitrogen and oxygen atoms in total. The Kier molecular flexibility index (Phi) is 5.03. The van der Waals surface area contributed by atoms with Gasteiger partial charge in [-0.1, -0.05) is 24.1 Å². The Bertz CT molecular complexity index is 1210. The quantitative estimate of drug-likeness (QED) is 0.650. The molecule has 0 spiro atoms. The average molecular weight is 398 g/mol. The number of nitrogens with one attached hydrogen (secondary N) is 1. The topological polar surface area (TPSA) is 80.4 Å². The second-order valence-electron chi connectivity index (χ2n) is 7.25. The van der Waals surface area contributed by atoms with Crippen molar-refractivity contribution in [1.82, 2.24) is 4.98 Å². The Morgan fingerprint density at radius 2 is 2.00 bits per heavy atom. The fourth-order valence-corrected chi connectivity index (χ4v) is 3.54. The maximum Gasteiger partial charge on any atom is 0.300 e. The third-order valence-electron chi connectivity index (χ3n) is 4.98. The van der Waals surface area contributed by atoms with Crippen molar-refractivity contribution in [3.05, 3.63) is 95.1 Å². The zero-order valence-corrected chi connectivity index (χ0v) is 16.3. The van der Waals surface area contributed by atoms with E-state index in [9.17, 15) is 9.18 Å². The SMILES string of the molecule is CC1(c2cc(NC(=O)C#Cc3ccccc3)ccc2F)Cc2cnccc2C(N)=N1. The van der Waals surface area contributed by atoms with Gasteiger partial charge in [0.2, 0.25) is 0 Å². The zero-order valence-electron chi connectivity index (χ0n) is 16.3. The number of aliphatic imine (C=N–C) groups is 1. The molecule has 0 fully saturated rings. The minimum atomic E-state index is -0.916. The highest BCUT2D eigenvalue weighted by Gasteiger charge is 2.34. The summed E-state index contributed by atoms with van der Waals surface area (Å²) in [5.74, 6) is 4.77. The summed E-state index contributed by atoms with van der Waals surface area (Å²) in [6.45, 7) is 1.81. The summed E-state index contributed by atoms with van der Waals surface area (Å²) in [4.78, 5) is 20.9. The molecule has 1 atom stereocenters. The molecule has 2 heterocycles. The van der Waals surface area contributed by atoms with E-state index in [1.807, 2.05) is 37.3 Å². The van der Waals surface area contributed by atoms with E-state index in [1.54, 1.807) is 24.5 Å². The number of anilines is 1. The van der Waals surface area contributed by atoms with Gasteiger partial charge in [0.25, 0.3) is 0 Å². The van der Waals surface area contributed by atoms with Crippen molar-refractivity contribution in [2.45, 2.75) is 18.9 Å². The van der Waals surface area contributed by atoms with Crippen molar-refractivity contribution >= 4 is 17.4 Å². The summed E-state index contributed by atoms with van der Waals surface area (Å²) in [5, 5.41) is 2.70. The van der Waals surface area contributed by atoms with Crippen LogP contribution in [-0.2, 0) is 16.8 Å². The molecular formula is C24H19FN4O. The van der Waals surface area contributed by atoms with Crippen LogP contribution in [0.15, 0.2) is 72.0 Å². The van der Waals surface area contributed by atoms with Gasteiger partial charge in [0.05, 0.1) is 5.54 Å². The maximum atomic E-state index is 14.7. The van der Waals surface area contributed by atoms with Crippen molar-refractivity contribution < 1.29 is 9.18 Å². The molecule has 1 unspecified atom stereocenters. The number of aromatic nitrogens is 1. The Balaban J connectivity index is 1.61. The molecule has 0 aliphatic carbocycles. The van der Waals surface area contributed by atoms with E-state index in [1.165, 1.54) is 12.1 Å². The Morgan fingerprint density at radius 1 is 1.20 bits per heavy atom. The number of pyridine rings is 1. The number of carbonyl (C=O) groups is 1. The van der Waals surface area contributed by atoms with Gasteiger partial charge in [0, 0.05) is 47.1 Å². The van der Waals surface area contributed by atoms with Crippen molar-refractivity contribution in [2.75, 3.05) is 5.32 Å². The van der Waals surface area contributed by atoms with Crippen LogP contribution in [0.3, 0.4) is 0 Å². The predicted molar refractivity (Wildman–Crippen MR) is 114 cm³/mol. The molecule has 1 aliphatic rings. The molecule has 148 valence electrons. The molecule has 1 amide bonds. The summed E-state index contributed by atoms with van der Waals surface area (Å²) < 4.78 is 14.7. The van der Waals surface area contributed by atoms with Crippen molar-refractivity contribution in [1.29, 1.82) is 0 Å². The monoisotopic (exact) mass is 398 g/mol. The third-order valence-corrected chi connectivity index (χ3v) is 4.98. The Hall–Kier alpha value is -3.98. The summed E-state index contributed by atoms with van der Waals surface area (Å²) in [5.41, 5.74) is 8.44. The first-order valence-corrected chi connectivity index (χ1v) is 9.41. The highest BCUT2D eigenvalue weighted by atomic mass is 19.1. The number of benzene rings is 2. The lowest BCUT2D eigenvalue weighted by molar-refractivity contribution is -0.111. The van der Waals surface area contributed by atoms with Gasteiger partial charge in [0.15, 0.2) is 0 Å². The number of halogens is 1. The second-order valence-corrected chi connectivity index (χ2v) is 7.25. The van der Waals surface area contributed by atoms with Gasteiger partial charge < -0.3 is 11.1 Å². The van der Waals surface area contributed by atoms with Crippen LogP contribution in [-0.4, -0.2) is 16.7 Å². The van der Waals surface area contributed by atoms with Crippen molar-refractivity contribution in [3.8, 4) is 11.8 Å². The number of amidine groups is 1. The molecule has 0 radical (unpaired) electrons. The van der Waals surface area contributed by atoms with Gasteiger partial charge >= 0.3 is 5.91 Å². The molecule has 4 rings (SSSR count). The van der Waals surface area contributed by atoms with Crippen LogP contribution in [0.4, 0.5) is 10.1 Å². The molecule has 3 N–H and O–H groups in total. The van der Waals surface area contributed by atoms with Gasteiger partial charge in [-0.05, 0) is 48.9 Å². The molecule has 0 saturated heterocycles. The zero-order chi connectivity index (χ0) is 21.1. The predicted octanol–water partition coefficient (Wildman–Crippen LogP) is 3.39. The molecule has 2 aromatic carbocycles. The molecule has 3 aromatic rings. The number of rotatable bonds is 2. The van der Waals surface area contributed by atoms with Crippen LogP contribution in [0.1, 0.15) is 29.2 Å². The summed E-state index contributed by atoms with van der Waals surface area (Å²) in [6, 6.07) is 15.4. The molecule has 1 aliphatic heterocycles. The van der Waals surface area contributed by atoms with Gasteiger partial charge in [-0.3, -0.25) is 14.8 Å². The lowest BCUT2D eigenvalue weighted by Gasteiger charge is -2.32. The first-order chi connectivity index (χ1) is 14.4. The molecule has 0 bridgehead atoms. The highest BCUT2D eigenvalue weighted by molar-refractivity contribution is 6.04. The van der Waals surface area contributed by atoms with Crippen molar-refractivity contribution in [2.24, 2.45) is 10.7 Å². The van der Waals surface area contributed by atoms with Crippen LogP contribution < -0.4 is 11.1 Å². The smallest absolute Gasteiger partial charge is 0.300 e. The minimum Gasteiger partial charge on any atom is -0.383 e. The standard InChI is InChI=1S/C24H19FN4O/c1-24(14-17-15-27-12-11-19(17)23(26)29-24)20-13-18(8-9-21(20)25)28-22(30)10-7-16-5-3-2-4-6-16/h2-6,8-9,11-13,15H,14H2,1H3,(H2,26,29)(H,28,30). The van der Waals surface area contributed by atoms with E-state index < -0.39 is 17.3 Å². The fraction of sp³-hybridized carbons (Fsp3) is 0.125. The number of amides is 1. The molecule has 0 saturated carbocycles. The lowest BCUT2D eigenvalue weighted by Crippen LogP contribution is -2.34. The van der Waals surface area contributed by atoms with Crippen LogP contribution >= 0.6 is 0 Å². The number of hydrogen-bond donors (Lipinski definition) is 2. The summed E-state index contributed by atoms with van der Waals surface area (Å²) >= 11 is 0. The van der Waals surface area contributed by atoms with Crippen molar-refractivity contribution in [3.63, 3.8) is 0 Å². The fourth-order valence-electron chi connectivity index (χ4n) is 3.54. The molecule has 6 heteroatoms. The number of hydrogen-bond acceptors (Lipinski definition) is 4. The van der Waals surface area contributed by atoms with E-state index >= 15 is 0 Å².